The average molecular weight is 302 g/mol. The van der Waals surface area contributed by atoms with Crippen LogP contribution in [0.1, 0.15) is 36.9 Å². The van der Waals surface area contributed by atoms with Gasteiger partial charge in [0, 0.05) is 10.0 Å². The van der Waals surface area contributed by atoms with E-state index in [1.165, 1.54) is 0 Å². The SMILES string of the molecule is COc1cc(Br)cc(C(N)C(=O)O)c1C(C)C. The maximum absolute atomic E-state index is 11.0. The van der Waals surface area contributed by atoms with E-state index >= 15 is 0 Å². The van der Waals surface area contributed by atoms with Gasteiger partial charge in [0.15, 0.2) is 0 Å². The molecule has 5 heteroatoms. The normalized spacial score (nSPS) is 12.6. The van der Waals surface area contributed by atoms with Crippen LogP contribution in [0.2, 0.25) is 0 Å². The lowest BCUT2D eigenvalue weighted by Gasteiger charge is -2.19. The first-order valence-electron chi connectivity index (χ1n) is 5.24. The molecule has 1 aromatic rings. The van der Waals surface area contributed by atoms with Gasteiger partial charge in [-0.05, 0) is 23.6 Å². The highest BCUT2D eigenvalue weighted by atomic mass is 79.9. The third-order valence-corrected chi connectivity index (χ3v) is 3.00. The highest BCUT2D eigenvalue weighted by molar-refractivity contribution is 9.10. The fraction of sp³-hybridized carbons (Fsp3) is 0.417. The second kappa shape index (κ2) is 5.51. The molecule has 0 heterocycles. The van der Waals surface area contributed by atoms with Crippen LogP contribution in [0.25, 0.3) is 0 Å². The predicted octanol–water partition coefficient (Wildman–Crippen LogP) is 2.67. The maximum atomic E-state index is 11.0. The summed E-state index contributed by atoms with van der Waals surface area (Å²) in [6.07, 6.45) is 0. The number of methoxy groups -OCH3 is 1. The van der Waals surface area contributed by atoms with Crippen LogP contribution >= 0.6 is 15.9 Å². The van der Waals surface area contributed by atoms with E-state index in [2.05, 4.69) is 15.9 Å². The minimum Gasteiger partial charge on any atom is -0.496 e. The Hall–Kier alpha value is -1.07. The number of rotatable bonds is 4. The predicted molar refractivity (Wildman–Crippen MR) is 69.3 cm³/mol. The first-order chi connectivity index (χ1) is 7.88. The van der Waals surface area contributed by atoms with Gasteiger partial charge in [0.2, 0.25) is 0 Å². The van der Waals surface area contributed by atoms with Crippen molar-refractivity contribution in [3.05, 3.63) is 27.7 Å². The molecule has 0 aromatic heterocycles. The molecule has 0 aliphatic carbocycles. The summed E-state index contributed by atoms with van der Waals surface area (Å²) in [5.41, 5.74) is 7.11. The fourth-order valence-corrected chi connectivity index (χ4v) is 2.24. The van der Waals surface area contributed by atoms with Gasteiger partial charge < -0.3 is 15.6 Å². The van der Waals surface area contributed by atoms with Crippen LogP contribution < -0.4 is 10.5 Å². The average Bonchev–Trinajstić information content (AvgIpc) is 2.25. The minimum absolute atomic E-state index is 0.137. The van der Waals surface area contributed by atoms with E-state index in [4.69, 9.17) is 15.6 Å². The third kappa shape index (κ3) is 2.98. The van der Waals surface area contributed by atoms with Crippen molar-refractivity contribution in [2.75, 3.05) is 7.11 Å². The molecule has 0 bridgehead atoms. The standard InChI is InChI=1S/C12H16BrNO3/c1-6(2)10-8(11(14)12(15)16)4-7(13)5-9(10)17-3/h4-6,11H,14H2,1-3H3,(H,15,16). The van der Waals surface area contributed by atoms with Crippen LogP contribution in [-0.4, -0.2) is 18.2 Å². The number of hydrogen-bond donors (Lipinski definition) is 2. The van der Waals surface area contributed by atoms with Crippen molar-refractivity contribution in [2.24, 2.45) is 5.73 Å². The van der Waals surface area contributed by atoms with E-state index in [-0.39, 0.29) is 5.92 Å². The first kappa shape index (κ1) is 14.0. The molecular formula is C12H16BrNO3. The molecule has 0 aliphatic rings. The summed E-state index contributed by atoms with van der Waals surface area (Å²) < 4.78 is 6.03. The molecule has 1 aromatic carbocycles. The number of ether oxygens (including phenoxy) is 1. The largest absolute Gasteiger partial charge is 0.496 e. The van der Waals surface area contributed by atoms with Crippen molar-refractivity contribution in [2.45, 2.75) is 25.8 Å². The van der Waals surface area contributed by atoms with Gasteiger partial charge in [0.05, 0.1) is 7.11 Å². The lowest BCUT2D eigenvalue weighted by atomic mass is 9.92. The molecule has 0 aliphatic heterocycles. The van der Waals surface area contributed by atoms with Crippen LogP contribution in [0, 0.1) is 0 Å². The Labute approximate surface area is 109 Å². The Kier molecular flexibility index (Phi) is 4.54. The van der Waals surface area contributed by atoms with E-state index in [9.17, 15) is 4.79 Å². The summed E-state index contributed by atoms with van der Waals surface area (Å²) in [5, 5.41) is 9.02. The molecular weight excluding hydrogens is 286 g/mol. The lowest BCUT2D eigenvalue weighted by molar-refractivity contribution is -0.138. The summed E-state index contributed by atoms with van der Waals surface area (Å²) in [7, 11) is 1.56. The zero-order valence-corrected chi connectivity index (χ0v) is 11.6. The first-order valence-corrected chi connectivity index (χ1v) is 6.03. The smallest absolute Gasteiger partial charge is 0.325 e. The van der Waals surface area contributed by atoms with Crippen molar-refractivity contribution >= 4 is 21.9 Å². The topological polar surface area (TPSA) is 72.5 Å². The molecule has 0 saturated carbocycles. The molecule has 0 radical (unpaired) electrons. The van der Waals surface area contributed by atoms with Gasteiger partial charge in [-0.25, -0.2) is 0 Å². The summed E-state index contributed by atoms with van der Waals surface area (Å²) in [5.74, 6) is -0.258. The number of carboxylic acid groups (broad SMARTS) is 1. The highest BCUT2D eigenvalue weighted by Crippen LogP contribution is 2.35. The van der Waals surface area contributed by atoms with Crippen LogP contribution in [0.4, 0.5) is 0 Å². The molecule has 1 unspecified atom stereocenters. The van der Waals surface area contributed by atoms with Crippen molar-refractivity contribution in [1.82, 2.24) is 0 Å². The quantitative estimate of drug-likeness (QED) is 0.897. The molecule has 1 atom stereocenters. The monoisotopic (exact) mass is 301 g/mol. The second-order valence-electron chi connectivity index (χ2n) is 4.08. The molecule has 1 rings (SSSR count). The summed E-state index contributed by atoms with van der Waals surface area (Å²) in [6, 6.07) is 2.50. The van der Waals surface area contributed by atoms with E-state index in [1.54, 1.807) is 13.2 Å². The van der Waals surface area contributed by atoms with Gasteiger partial charge in [-0.3, -0.25) is 4.79 Å². The van der Waals surface area contributed by atoms with Crippen LogP contribution in [0.15, 0.2) is 16.6 Å². The number of aliphatic carboxylic acids is 1. The summed E-state index contributed by atoms with van der Waals surface area (Å²) in [6.45, 7) is 3.95. The van der Waals surface area contributed by atoms with Gasteiger partial charge in [0.25, 0.3) is 0 Å². The number of benzene rings is 1. The number of carboxylic acids is 1. The molecule has 3 N–H and O–H groups in total. The molecule has 4 nitrogen and oxygen atoms in total. The zero-order valence-electron chi connectivity index (χ0n) is 10.0. The van der Waals surface area contributed by atoms with Gasteiger partial charge in [0.1, 0.15) is 11.8 Å². The van der Waals surface area contributed by atoms with Crippen molar-refractivity contribution in [3.63, 3.8) is 0 Å². The number of hydrogen-bond acceptors (Lipinski definition) is 3. The van der Waals surface area contributed by atoms with Crippen molar-refractivity contribution in [1.29, 1.82) is 0 Å². The Bertz CT molecular complexity index is 432. The minimum atomic E-state index is -1.05. The Morgan fingerprint density at radius 3 is 2.47 bits per heavy atom. The number of halogens is 1. The van der Waals surface area contributed by atoms with E-state index in [1.807, 2.05) is 19.9 Å². The van der Waals surface area contributed by atoms with Crippen LogP contribution in [0.5, 0.6) is 5.75 Å². The molecule has 0 amide bonds. The molecule has 17 heavy (non-hydrogen) atoms. The van der Waals surface area contributed by atoms with E-state index < -0.39 is 12.0 Å². The van der Waals surface area contributed by atoms with Gasteiger partial charge in [-0.1, -0.05) is 29.8 Å². The van der Waals surface area contributed by atoms with Gasteiger partial charge >= 0.3 is 5.97 Å². The Morgan fingerprint density at radius 2 is 2.06 bits per heavy atom. The summed E-state index contributed by atoms with van der Waals surface area (Å²) >= 11 is 3.33. The molecule has 0 spiro atoms. The second-order valence-corrected chi connectivity index (χ2v) is 5.00. The van der Waals surface area contributed by atoms with Gasteiger partial charge in [-0.2, -0.15) is 0 Å². The van der Waals surface area contributed by atoms with Crippen molar-refractivity contribution < 1.29 is 14.6 Å². The maximum Gasteiger partial charge on any atom is 0.325 e. The fourth-order valence-electron chi connectivity index (χ4n) is 1.79. The third-order valence-electron chi connectivity index (χ3n) is 2.54. The van der Waals surface area contributed by atoms with E-state index in [0.717, 1.165) is 10.0 Å². The number of carbonyl (C=O) groups is 1. The van der Waals surface area contributed by atoms with Crippen LogP contribution in [0.3, 0.4) is 0 Å². The molecule has 94 valence electrons. The van der Waals surface area contributed by atoms with Crippen molar-refractivity contribution in [3.8, 4) is 5.75 Å². The zero-order chi connectivity index (χ0) is 13.2. The number of nitrogens with two attached hydrogens (primary N) is 1. The van der Waals surface area contributed by atoms with Crippen LogP contribution in [-0.2, 0) is 4.79 Å². The Morgan fingerprint density at radius 1 is 1.47 bits per heavy atom. The molecule has 0 fully saturated rings. The summed E-state index contributed by atoms with van der Waals surface area (Å²) in [4.78, 5) is 11.0. The highest BCUT2D eigenvalue weighted by Gasteiger charge is 2.23. The Balaban J connectivity index is 3.45. The molecule has 0 saturated heterocycles. The van der Waals surface area contributed by atoms with Gasteiger partial charge in [-0.15, -0.1) is 0 Å². The lowest BCUT2D eigenvalue weighted by Crippen LogP contribution is -2.22. The van der Waals surface area contributed by atoms with E-state index in [0.29, 0.717) is 11.3 Å².